The van der Waals surface area contributed by atoms with Crippen molar-refractivity contribution in [3.63, 3.8) is 0 Å². The van der Waals surface area contributed by atoms with E-state index in [0.717, 1.165) is 0 Å². The second-order valence-corrected chi connectivity index (χ2v) is 9.91. The summed E-state index contributed by atoms with van der Waals surface area (Å²) in [6.45, 7) is 3.45. The van der Waals surface area contributed by atoms with Crippen molar-refractivity contribution < 1.29 is 49.3 Å². The lowest BCUT2D eigenvalue weighted by Gasteiger charge is -2.25. The topological polar surface area (TPSA) is 163 Å². The Morgan fingerprint density at radius 1 is 1.17 bits per heavy atom. The van der Waals surface area contributed by atoms with Gasteiger partial charge in [0.15, 0.2) is 6.10 Å². The number of carbonyl (C=O) groups excluding carboxylic acids is 1. The number of rotatable bonds is 5. The summed E-state index contributed by atoms with van der Waals surface area (Å²) in [6.07, 6.45) is -2.65. The third-order valence-electron chi connectivity index (χ3n) is 6.50. The molecule has 0 spiro atoms. The lowest BCUT2D eigenvalue weighted by atomic mass is 9.97. The average Bonchev–Trinajstić information content (AvgIpc) is 3.38. The molecule has 5 N–H and O–H groups in total. The molecule has 10 nitrogen and oxygen atoms in total. The van der Waals surface area contributed by atoms with E-state index in [-0.39, 0.29) is 29.7 Å². The lowest BCUT2D eigenvalue weighted by molar-refractivity contribution is -0.171. The Labute approximate surface area is 208 Å². The molecule has 4 bridgehead atoms. The predicted octanol–water partition coefficient (Wildman–Crippen LogP) is 0.652. The number of aliphatic hydroxyl groups excluding tert-OH is 4. The number of carboxylic acid groups (broad SMARTS) is 1. The fraction of sp³-hybridized carbons (Fsp3) is 0.667. The van der Waals surface area contributed by atoms with Crippen LogP contribution >= 0.6 is 11.6 Å². The quantitative estimate of drug-likeness (QED) is 0.259. The Hall–Kier alpha value is -1.79. The van der Waals surface area contributed by atoms with Crippen LogP contribution in [0, 0.1) is 11.8 Å². The monoisotopic (exact) mass is 516 g/mol. The van der Waals surface area contributed by atoms with Gasteiger partial charge in [0.2, 0.25) is 0 Å². The van der Waals surface area contributed by atoms with Gasteiger partial charge in [0, 0.05) is 11.5 Å². The number of fused-ring (bicyclic) bond motifs is 4. The van der Waals surface area contributed by atoms with Crippen LogP contribution in [0.15, 0.2) is 35.4 Å². The summed E-state index contributed by atoms with van der Waals surface area (Å²) in [4.78, 5) is 23.9. The van der Waals surface area contributed by atoms with Crippen LogP contribution in [-0.2, 0) is 23.8 Å². The zero-order valence-corrected chi connectivity index (χ0v) is 20.3. The molecule has 11 heteroatoms. The maximum Gasteiger partial charge on any atom is 0.335 e. The van der Waals surface area contributed by atoms with Crippen LogP contribution < -0.4 is 0 Å². The van der Waals surface area contributed by atoms with Crippen LogP contribution in [0.3, 0.4) is 0 Å². The number of esters is 1. The van der Waals surface area contributed by atoms with Crippen molar-refractivity contribution in [1.82, 2.24) is 0 Å². The summed E-state index contributed by atoms with van der Waals surface area (Å²) in [5, 5.41) is 51.0. The van der Waals surface area contributed by atoms with E-state index in [1.807, 2.05) is 0 Å². The summed E-state index contributed by atoms with van der Waals surface area (Å²) in [6, 6.07) is 0. The first kappa shape index (κ1) is 27.8. The number of ether oxygens (including phenoxy) is 3. The second kappa shape index (κ2) is 12.0. The Morgan fingerprint density at radius 3 is 2.57 bits per heavy atom. The van der Waals surface area contributed by atoms with Crippen LogP contribution in [-0.4, -0.2) is 92.4 Å². The van der Waals surface area contributed by atoms with Gasteiger partial charge in [-0.15, -0.1) is 0 Å². The van der Waals surface area contributed by atoms with Crippen molar-refractivity contribution in [2.24, 2.45) is 11.8 Å². The smallest absolute Gasteiger partial charge is 0.335 e. The number of allylic oxidation sites excluding steroid dienone is 3. The highest BCUT2D eigenvalue weighted by atomic mass is 35.5. The van der Waals surface area contributed by atoms with E-state index in [0.29, 0.717) is 6.42 Å². The third kappa shape index (κ3) is 6.91. The number of carboxylic acids is 1. The minimum Gasteiger partial charge on any atom is -0.481 e. The van der Waals surface area contributed by atoms with Gasteiger partial charge in [-0.1, -0.05) is 49.8 Å². The maximum absolute atomic E-state index is 13.0. The Balaban J connectivity index is 1.86. The van der Waals surface area contributed by atoms with Crippen LogP contribution in [0.4, 0.5) is 0 Å². The summed E-state index contributed by atoms with van der Waals surface area (Å²) >= 11 is 6.21. The molecule has 3 aliphatic heterocycles. The van der Waals surface area contributed by atoms with Crippen LogP contribution in [0.5, 0.6) is 0 Å². The molecule has 35 heavy (non-hydrogen) atoms. The molecule has 0 aliphatic carbocycles. The fourth-order valence-electron chi connectivity index (χ4n) is 4.55. The van der Waals surface area contributed by atoms with Gasteiger partial charge < -0.3 is 39.7 Å². The van der Waals surface area contributed by atoms with Crippen molar-refractivity contribution in [2.75, 3.05) is 0 Å². The largest absolute Gasteiger partial charge is 0.481 e. The zero-order chi connectivity index (χ0) is 25.9. The molecule has 3 rings (SSSR count). The Morgan fingerprint density at radius 2 is 1.89 bits per heavy atom. The van der Waals surface area contributed by atoms with E-state index < -0.39 is 66.9 Å². The van der Waals surface area contributed by atoms with E-state index in [4.69, 9.17) is 30.9 Å². The SMILES string of the molecule is C[C@@H]1C[C@H]2O[C@H]1C(=O)O[C@H]1C[C@@H](O[C@H]1[C@H](O)/C=C/[C@H](C)CC(=O)O)[C@H](O)/C(Cl)=C/C=C[C@@H](O)[C@H]2O. The van der Waals surface area contributed by atoms with E-state index in [2.05, 4.69) is 0 Å². The number of hydrogen-bond donors (Lipinski definition) is 5. The number of aliphatic carboxylic acids is 1. The van der Waals surface area contributed by atoms with Crippen molar-refractivity contribution in [3.05, 3.63) is 35.4 Å². The molecule has 3 aliphatic rings. The molecule has 0 aromatic rings. The molecule has 0 radical (unpaired) electrons. The van der Waals surface area contributed by atoms with E-state index in [1.165, 1.54) is 30.4 Å². The van der Waals surface area contributed by atoms with Gasteiger partial charge in [0.1, 0.15) is 36.6 Å². The molecule has 3 heterocycles. The van der Waals surface area contributed by atoms with E-state index in [9.17, 15) is 30.0 Å². The first-order valence-corrected chi connectivity index (χ1v) is 12.0. The first-order valence-electron chi connectivity index (χ1n) is 11.7. The summed E-state index contributed by atoms with van der Waals surface area (Å²) in [5.41, 5.74) is 0. The summed E-state index contributed by atoms with van der Waals surface area (Å²) in [5.74, 6) is -2.34. The van der Waals surface area contributed by atoms with Gasteiger partial charge >= 0.3 is 11.9 Å². The molecule has 0 aromatic heterocycles. The minimum absolute atomic E-state index is 0.0138. The molecule has 0 unspecified atom stereocenters. The Kier molecular flexibility index (Phi) is 9.50. The van der Waals surface area contributed by atoms with Crippen LogP contribution in [0.2, 0.25) is 0 Å². The zero-order valence-electron chi connectivity index (χ0n) is 19.5. The molecule has 0 aromatic carbocycles. The summed E-state index contributed by atoms with van der Waals surface area (Å²) < 4.78 is 17.2. The molecule has 196 valence electrons. The Bertz CT molecular complexity index is 857. The normalized spacial score (nSPS) is 41.5. The fourth-order valence-corrected chi connectivity index (χ4v) is 4.76. The minimum atomic E-state index is -1.31. The third-order valence-corrected chi connectivity index (χ3v) is 6.85. The second-order valence-electron chi connectivity index (χ2n) is 9.47. The molecule has 2 fully saturated rings. The standard InChI is InChI=1S/C24H33ClO10/c1-11(8-19(28)29)6-7-15(27)23-18-10-17(34-23)20(30)13(25)4-3-5-14(26)21(31)16-9-12(2)22(33-16)24(32)35-18/h3-7,11-12,14-18,20-23,26-27,30-31H,8-10H2,1-2H3,(H,28,29)/b5-3?,7-6+,13-4-/t11-,12+,14+,15+,16+,17+,18-,20+,21+,22+,23-/m0/s1. The van der Waals surface area contributed by atoms with Gasteiger partial charge in [0.25, 0.3) is 0 Å². The van der Waals surface area contributed by atoms with Crippen molar-refractivity contribution >= 4 is 23.5 Å². The average molecular weight is 517 g/mol. The molecular weight excluding hydrogens is 484 g/mol. The predicted molar refractivity (Wildman–Crippen MR) is 123 cm³/mol. The number of halogens is 1. The van der Waals surface area contributed by atoms with Gasteiger partial charge in [0.05, 0.1) is 18.6 Å². The lowest BCUT2D eigenvalue weighted by Crippen LogP contribution is -2.40. The van der Waals surface area contributed by atoms with Crippen molar-refractivity contribution in [3.8, 4) is 0 Å². The number of aliphatic hydroxyl groups is 4. The highest BCUT2D eigenvalue weighted by Gasteiger charge is 2.48. The molecule has 2 saturated heterocycles. The van der Waals surface area contributed by atoms with Crippen LogP contribution in [0.1, 0.15) is 33.1 Å². The van der Waals surface area contributed by atoms with Crippen LogP contribution in [0.25, 0.3) is 0 Å². The highest BCUT2D eigenvalue weighted by Crippen LogP contribution is 2.35. The van der Waals surface area contributed by atoms with Gasteiger partial charge in [-0.3, -0.25) is 4.79 Å². The first-order chi connectivity index (χ1) is 16.5. The van der Waals surface area contributed by atoms with Crippen molar-refractivity contribution in [2.45, 2.75) is 88.0 Å². The van der Waals surface area contributed by atoms with Gasteiger partial charge in [-0.25, -0.2) is 4.79 Å². The molecule has 0 amide bonds. The highest BCUT2D eigenvalue weighted by molar-refractivity contribution is 6.30. The number of hydrogen-bond acceptors (Lipinski definition) is 9. The number of carbonyl (C=O) groups is 2. The molecule has 0 saturated carbocycles. The summed E-state index contributed by atoms with van der Waals surface area (Å²) in [7, 11) is 0. The maximum atomic E-state index is 13.0. The van der Waals surface area contributed by atoms with E-state index >= 15 is 0 Å². The van der Waals surface area contributed by atoms with Crippen molar-refractivity contribution in [1.29, 1.82) is 0 Å². The van der Waals surface area contributed by atoms with Gasteiger partial charge in [-0.05, 0) is 24.3 Å². The van der Waals surface area contributed by atoms with E-state index in [1.54, 1.807) is 13.8 Å². The molecular formula is C24H33ClO10. The van der Waals surface area contributed by atoms with Gasteiger partial charge in [-0.2, -0.15) is 0 Å². The molecule has 11 atom stereocenters.